The van der Waals surface area contributed by atoms with Crippen molar-refractivity contribution in [3.8, 4) is 17.0 Å². The lowest BCUT2D eigenvalue weighted by molar-refractivity contribution is -0.483. The Hall–Kier alpha value is -2.99. The van der Waals surface area contributed by atoms with E-state index in [0.717, 1.165) is 22.7 Å². The number of anilines is 1. The van der Waals surface area contributed by atoms with Gasteiger partial charge in [-0.15, -0.1) is 0 Å². The molecular formula is C19H20FN4O+. The predicted molar refractivity (Wildman–Crippen MR) is 96.0 cm³/mol. The van der Waals surface area contributed by atoms with Gasteiger partial charge in [-0.05, 0) is 18.2 Å². The van der Waals surface area contributed by atoms with E-state index >= 15 is 0 Å². The molecule has 6 heteroatoms. The van der Waals surface area contributed by atoms with Crippen LogP contribution in [-0.4, -0.2) is 31.2 Å². The number of hydrogen-bond acceptors (Lipinski definition) is 4. The van der Waals surface area contributed by atoms with Crippen molar-refractivity contribution in [2.75, 3.05) is 26.1 Å². The molecule has 0 radical (unpaired) electrons. The number of quaternary nitrogens is 1. The zero-order valence-corrected chi connectivity index (χ0v) is 14.4. The molecule has 2 aromatic carbocycles. The van der Waals surface area contributed by atoms with Crippen LogP contribution in [0.3, 0.4) is 0 Å². The number of methoxy groups -OCH3 is 1. The summed E-state index contributed by atoms with van der Waals surface area (Å²) in [5.41, 5.74) is 2.93. The molecule has 5 nitrogen and oxygen atoms in total. The lowest BCUT2D eigenvalue weighted by Gasteiger charge is -2.13. The van der Waals surface area contributed by atoms with E-state index in [2.05, 4.69) is 9.97 Å². The third kappa shape index (κ3) is 3.75. The number of nitrogens with zero attached hydrogens (tertiary/aromatic N) is 3. The van der Waals surface area contributed by atoms with Gasteiger partial charge >= 0.3 is 0 Å². The molecule has 3 aromatic rings. The van der Waals surface area contributed by atoms with Crippen LogP contribution >= 0.6 is 0 Å². The van der Waals surface area contributed by atoms with Crippen molar-refractivity contribution in [3.63, 3.8) is 0 Å². The Bertz CT molecular complexity index is 883. The summed E-state index contributed by atoms with van der Waals surface area (Å²) in [5, 5.41) is 1.82. The van der Waals surface area contributed by atoms with E-state index < -0.39 is 0 Å². The summed E-state index contributed by atoms with van der Waals surface area (Å²) >= 11 is 0. The molecule has 128 valence electrons. The largest absolute Gasteiger partial charge is 0.496 e. The maximum absolute atomic E-state index is 14.1. The zero-order chi connectivity index (χ0) is 17.8. The SMILES string of the molecule is COc1ccccc1-c1cc([NH2+]c2ccc(N(C)C)c(F)c2)ncn1. The Morgan fingerprint density at radius 1 is 1.04 bits per heavy atom. The number of benzene rings is 2. The first-order valence-corrected chi connectivity index (χ1v) is 7.85. The number of para-hydroxylation sites is 1. The Kier molecular flexibility index (Phi) is 4.90. The average Bonchev–Trinajstić information content (AvgIpc) is 2.61. The molecule has 1 aromatic heterocycles. The van der Waals surface area contributed by atoms with Crippen LogP contribution < -0.4 is 15.0 Å². The summed E-state index contributed by atoms with van der Waals surface area (Å²) in [6, 6.07) is 14.6. The van der Waals surface area contributed by atoms with E-state index in [9.17, 15) is 4.39 Å². The van der Waals surface area contributed by atoms with Crippen LogP contribution in [0.5, 0.6) is 5.75 Å². The molecule has 0 fully saturated rings. The highest BCUT2D eigenvalue weighted by atomic mass is 19.1. The fourth-order valence-corrected chi connectivity index (χ4v) is 2.60. The van der Waals surface area contributed by atoms with Crippen molar-refractivity contribution < 1.29 is 14.4 Å². The number of halogens is 1. The summed E-state index contributed by atoms with van der Waals surface area (Å²) in [5.74, 6) is 1.18. The van der Waals surface area contributed by atoms with Crippen molar-refractivity contribution in [2.24, 2.45) is 0 Å². The lowest BCUT2D eigenvalue weighted by atomic mass is 10.1. The van der Waals surface area contributed by atoms with E-state index in [4.69, 9.17) is 4.74 Å². The van der Waals surface area contributed by atoms with Crippen LogP contribution in [-0.2, 0) is 0 Å². The third-order valence-electron chi connectivity index (χ3n) is 3.84. The van der Waals surface area contributed by atoms with Gasteiger partial charge in [-0.1, -0.05) is 12.1 Å². The van der Waals surface area contributed by atoms with Crippen molar-refractivity contribution in [1.29, 1.82) is 0 Å². The highest BCUT2D eigenvalue weighted by Crippen LogP contribution is 2.28. The van der Waals surface area contributed by atoms with Gasteiger partial charge < -0.3 is 9.64 Å². The maximum atomic E-state index is 14.1. The van der Waals surface area contributed by atoms with Crippen LogP contribution in [0.15, 0.2) is 54.9 Å². The second-order valence-electron chi connectivity index (χ2n) is 5.78. The molecule has 0 aliphatic rings. The molecule has 0 saturated carbocycles. The fraction of sp³-hybridized carbons (Fsp3) is 0.158. The Labute approximate surface area is 146 Å². The second-order valence-corrected chi connectivity index (χ2v) is 5.78. The highest BCUT2D eigenvalue weighted by molar-refractivity contribution is 5.68. The molecule has 3 rings (SSSR count). The molecule has 0 aliphatic carbocycles. The Balaban J connectivity index is 1.89. The number of nitrogens with two attached hydrogens (primary N) is 1. The maximum Gasteiger partial charge on any atom is 0.232 e. The first-order valence-electron chi connectivity index (χ1n) is 7.85. The summed E-state index contributed by atoms with van der Waals surface area (Å²) in [6.07, 6.45) is 1.50. The van der Waals surface area contributed by atoms with Crippen molar-refractivity contribution >= 4 is 17.2 Å². The van der Waals surface area contributed by atoms with Gasteiger partial charge in [-0.3, -0.25) is 5.32 Å². The van der Waals surface area contributed by atoms with Crippen LogP contribution in [0.4, 0.5) is 21.6 Å². The standard InChI is InChI=1S/C19H19FN4O/c1-24(2)17-9-8-13(10-15(17)20)23-19-11-16(21-12-22-19)14-6-4-5-7-18(14)25-3/h4-12H,1-3H3,(H,21,22,23)/p+1. The molecule has 0 aliphatic heterocycles. The third-order valence-corrected chi connectivity index (χ3v) is 3.84. The van der Waals surface area contributed by atoms with Crippen molar-refractivity contribution in [1.82, 2.24) is 9.97 Å². The highest BCUT2D eigenvalue weighted by Gasteiger charge is 2.12. The molecule has 0 unspecified atom stereocenters. The van der Waals surface area contributed by atoms with Gasteiger partial charge in [0.25, 0.3) is 0 Å². The average molecular weight is 339 g/mol. The van der Waals surface area contributed by atoms with Crippen LogP contribution in [0.25, 0.3) is 11.3 Å². The van der Waals surface area contributed by atoms with Crippen molar-refractivity contribution in [2.45, 2.75) is 0 Å². The van der Waals surface area contributed by atoms with Crippen molar-refractivity contribution in [3.05, 3.63) is 60.7 Å². The van der Waals surface area contributed by atoms with Gasteiger partial charge in [0.2, 0.25) is 5.82 Å². The van der Waals surface area contributed by atoms with Gasteiger partial charge in [0.15, 0.2) is 5.82 Å². The number of rotatable bonds is 5. The van der Waals surface area contributed by atoms with Crippen LogP contribution in [0, 0.1) is 5.82 Å². The summed E-state index contributed by atoms with van der Waals surface area (Å²) in [6.45, 7) is 0. The molecule has 0 bridgehead atoms. The predicted octanol–water partition coefficient (Wildman–Crippen LogP) is 2.88. The monoisotopic (exact) mass is 339 g/mol. The molecule has 2 N–H and O–H groups in total. The first kappa shape index (κ1) is 16.9. The minimum Gasteiger partial charge on any atom is -0.496 e. The Morgan fingerprint density at radius 2 is 1.84 bits per heavy atom. The van der Waals surface area contributed by atoms with E-state index in [1.807, 2.05) is 55.8 Å². The van der Waals surface area contributed by atoms with Crippen LogP contribution in [0.2, 0.25) is 0 Å². The quantitative estimate of drug-likeness (QED) is 0.726. The van der Waals surface area contributed by atoms with Gasteiger partial charge in [0, 0.05) is 37.9 Å². The molecule has 1 heterocycles. The normalized spacial score (nSPS) is 10.6. The summed E-state index contributed by atoms with van der Waals surface area (Å²) in [4.78, 5) is 10.3. The van der Waals surface area contributed by atoms with Crippen LogP contribution in [0.1, 0.15) is 0 Å². The van der Waals surface area contributed by atoms with Gasteiger partial charge in [0.05, 0.1) is 18.5 Å². The van der Waals surface area contributed by atoms with E-state index in [-0.39, 0.29) is 5.82 Å². The van der Waals surface area contributed by atoms with Gasteiger partial charge in [-0.2, -0.15) is 4.98 Å². The molecule has 0 saturated heterocycles. The molecule has 0 atom stereocenters. The van der Waals surface area contributed by atoms with E-state index in [1.54, 1.807) is 18.1 Å². The lowest BCUT2D eigenvalue weighted by Crippen LogP contribution is -2.71. The molecular weight excluding hydrogens is 319 g/mol. The molecule has 0 amide bonds. The van der Waals surface area contributed by atoms with E-state index in [1.165, 1.54) is 12.4 Å². The molecule has 0 spiro atoms. The Morgan fingerprint density at radius 3 is 2.56 bits per heavy atom. The minimum absolute atomic E-state index is 0.266. The minimum atomic E-state index is -0.266. The smallest absolute Gasteiger partial charge is 0.232 e. The van der Waals surface area contributed by atoms with E-state index in [0.29, 0.717) is 11.5 Å². The first-order chi connectivity index (χ1) is 12.1. The van der Waals surface area contributed by atoms with Gasteiger partial charge in [-0.25, -0.2) is 9.37 Å². The number of ether oxygens (including phenoxy) is 1. The second kappa shape index (κ2) is 7.27. The zero-order valence-electron chi connectivity index (χ0n) is 14.4. The number of hydrogen-bond donors (Lipinski definition) is 1. The topological polar surface area (TPSA) is 54.9 Å². The summed E-state index contributed by atoms with van der Waals surface area (Å²) in [7, 11) is 5.25. The number of aromatic nitrogens is 2. The van der Waals surface area contributed by atoms with Gasteiger partial charge in [0.1, 0.15) is 17.8 Å². The summed E-state index contributed by atoms with van der Waals surface area (Å²) < 4.78 is 19.5. The molecule has 25 heavy (non-hydrogen) atoms. The fourth-order valence-electron chi connectivity index (χ4n) is 2.60.